The fraction of sp³-hybridized carbons (Fsp3) is 0.400. The van der Waals surface area contributed by atoms with Crippen LogP contribution in [0.2, 0.25) is 0 Å². The molecule has 0 bridgehead atoms. The SMILES string of the molecule is O=C(O)c1ccccc1ONC1CC/C=C/CCC1. The Balaban J connectivity index is 1.94. The van der Waals surface area contributed by atoms with Crippen LogP contribution in [0.25, 0.3) is 0 Å². The Morgan fingerprint density at radius 1 is 1.21 bits per heavy atom. The van der Waals surface area contributed by atoms with Gasteiger partial charge in [-0.2, -0.15) is 5.48 Å². The average Bonchev–Trinajstić information content (AvgIpc) is 2.37. The third-order valence-corrected chi connectivity index (χ3v) is 3.22. The molecule has 1 atom stereocenters. The minimum Gasteiger partial charge on any atom is -0.478 e. The lowest BCUT2D eigenvalue weighted by atomic mass is 10.0. The van der Waals surface area contributed by atoms with Crippen molar-refractivity contribution >= 4 is 5.97 Å². The highest BCUT2D eigenvalue weighted by Gasteiger charge is 2.13. The Bertz CT molecular complexity index is 456. The van der Waals surface area contributed by atoms with Gasteiger partial charge in [0, 0.05) is 6.04 Å². The Kier molecular flexibility index (Phi) is 4.98. The van der Waals surface area contributed by atoms with Crippen LogP contribution in [0.1, 0.15) is 42.5 Å². The van der Waals surface area contributed by atoms with Gasteiger partial charge in [0.1, 0.15) is 5.56 Å². The third-order valence-electron chi connectivity index (χ3n) is 3.22. The van der Waals surface area contributed by atoms with Gasteiger partial charge in [0.15, 0.2) is 5.75 Å². The number of carboxylic acid groups (broad SMARTS) is 1. The van der Waals surface area contributed by atoms with Gasteiger partial charge in [0.2, 0.25) is 0 Å². The van der Waals surface area contributed by atoms with Crippen molar-refractivity contribution < 1.29 is 14.7 Å². The molecule has 102 valence electrons. The van der Waals surface area contributed by atoms with Crippen LogP contribution in [0.15, 0.2) is 36.4 Å². The van der Waals surface area contributed by atoms with Crippen molar-refractivity contribution in [3.05, 3.63) is 42.0 Å². The summed E-state index contributed by atoms with van der Waals surface area (Å²) < 4.78 is 0. The molecule has 0 aliphatic heterocycles. The molecule has 1 aromatic rings. The Labute approximate surface area is 113 Å². The average molecular weight is 261 g/mol. The number of hydrogen-bond donors (Lipinski definition) is 2. The first-order valence-electron chi connectivity index (χ1n) is 6.67. The topological polar surface area (TPSA) is 58.6 Å². The van der Waals surface area contributed by atoms with E-state index in [-0.39, 0.29) is 11.6 Å². The molecule has 4 nitrogen and oxygen atoms in total. The minimum absolute atomic E-state index is 0.181. The van der Waals surface area contributed by atoms with Gasteiger partial charge in [-0.1, -0.05) is 24.3 Å². The van der Waals surface area contributed by atoms with Gasteiger partial charge in [-0.25, -0.2) is 4.79 Å². The van der Waals surface area contributed by atoms with Gasteiger partial charge in [-0.15, -0.1) is 0 Å². The number of carboxylic acids is 1. The second kappa shape index (κ2) is 6.95. The van der Waals surface area contributed by atoms with E-state index in [4.69, 9.17) is 9.94 Å². The van der Waals surface area contributed by atoms with Crippen molar-refractivity contribution in [2.24, 2.45) is 0 Å². The molecule has 0 radical (unpaired) electrons. The summed E-state index contributed by atoms with van der Waals surface area (Å²) in [6, 6.07) is 6.94. The zero-order chi connectivity index (χ0) is 13.5. The monoisotopic (exact) mass is 261 g/mol. The van der Waals surface area contributed by atoms with E-state index in [2.05, 4.69) is 17.6 Å². The van der Waals surface area contributed by atoms with Crippen molar-refractivity contribution in [2.75, 3.05) is 0 Å². The highest BCUT2D eigenvalue weighted by molar-refractivity contribution is 5.90. The number of benzene rings is 1. The third kappa shape index (κ3) is 4.10. The first-order chi connectivity index (χ1) is 9.27. The molecule has 4 heteroatoms. The number of allylic oxidation sites excluding steroid dienone is 2. The molecule has 0 amide bonds. The predicted octanol–water partition coefficient (Wildman–Crippen LogP) is 3.16. The molecule has 19 heavy (non-hydrogen) atoms. The summed E-state index contributed by atoms with van der Waals surface area (Å²) in [5.41, 5.74) is 3.18. The maximum Gasteiger partial charge on any atom is 0.339 e. The first kappa shape index (κ1) is 13.6. The van der Waals surface area contributed by atoms with Crippen LogP contribution in [-0.2, 0) is 0 Å². The summed E-state index contributed by atoms with van der Waals surface area (Å²) in [6.45, 7) is 0. The van der Waals surface area contributed by atoms with Crippen molar-refractivity contribution in [1.29, 1.82) is 0 Å². The molecular formula is C15H19NO3. The van der Waals surface area contributed by atoms with Crippen molar-refractivity contribution in [3.63, 3.8) is 0 Å². The van der Waals surface area contributed by atoms with Gasteiger partial charge in [0.05, 0.1) is 0 Å². The van der Waals surface area contributed by atoms with Crippen LogP contribution in [0.3, 0.4) is 0 Å². The predicted molar refractivity (Wildman–Crippen MR) is 73.2 cm³/mol. The van der Waals surface area contributed by atoms with E-state index >= 15 is 0 Å². The van der Waals surface area contributed by atoms with E-state index in [1.54, 1.807) is 24.3 Å². The zero-order valence-electron chi connectivity index (χ0n) is 10.8. The summed E-state index contributed by atoms with van der Waals surface area (Å²) in [7, 11) is 0. The van der Waals surface area contributed by atoms with Gasteiger partial charge < -0.3 is 9.94 Å². The van der Waals surface area contributed by atoms with Crippen LogP contribution >= 0.6 is 0 Å². The number of hydrogen-bond acceptors (Lipinski definition) is 3. The highest BCUT2D eigenvalue weighted by atomic mass is 16.6. The quantitative estimate of drug-likeness (QED) is 0.645. The zero-order valence-corrected chi connectivity index (χ0v) is 10.8. The van der Waals surface area contributed by atoms with Gasteiger partial charge in [-0.05, 0) is 44.2 Å². The Morgan fingerprint density at radius 2 is 2.00 bits per heavy atom. The van der Waals surface area contributed by atoms with E-state index in [9.17, 15) is 4.79 Å². The van der Waals surface area contributed by atoms with Gasteiger partial charge in [-0.3, -0.25) is 0 Å². The van der Waals surface area contributed by atoms with Crippen LogP contribution in [-0.4, -0.2) is 17.1 Å². The van der Waals surface area contributed by atoms with Crippen LogP contribution in [0.4, 0.5) is 0 Å². The lowest BCUT2D eigenvalue weighted by Gasteiger charge is -2.19. The molecule has 0 fully saturated rings. The van der Waals surface area contributed by atoms with E-state index in [1.807, 2.05) is 0 Å². The largest absolute Gasteiger partial charge is 0.478 e. The minimum atomic E-state index is -0.974. The molecule has 0 heterocycles. The molecule has 1 unspecified atom stereocenters. The van der Waals surface area contributed by atoms with Crippen LogP contribution in [0, 0.1) is 0 Å². The number of hydroxylamine groups is 1. The summed E-state index contributed by atoms with van der Waals surface area (Å²) in [6.07, 6.45) is 9.71. The van der Waals surface area contributed by atoms with E-state index in [1.165, 1.54) is 0 Å². The molecule has 0 saturated carbocycles. The van der Waals surface area contributed by atoms with Gasteiger partial charge in [0.25, 0.3) is 0 Å². The first-order valence-corrected chi connectivity index (χ1v) is 6.67. The molecule has 0 saturated heterocycles. The summed E-state index contributed by atoms with van der Waals surface area (Å²) in [5, 5.41) is 9.07. The fourth-order valence-electron chi connectivity index (χ4n) is 2.16. The second-order valence-electron chi connectivity index (χ2n) is 4.70. The molecular weight excluding hydrogens is 242 g/mol. The van der Waals surface area contributed by atoms with Crippen molar-refractivity contribution in [3.8, 4) is 5.75 Å². The standard InChI is InChI=1S/C15H19NO3/c17-15(18)13-10-6-7-11-14(13)19-16-12-8-4-2-1-3-5-9-12/h1-2,6-7,10-12,16H,3-5,8-9H2,(H,17,18)/b2-1+. The van der Waals surface area contributed by atoms with E-state index < -0.39 is 5.97 Å². The second-order valence-corrected chi connectivity index (χ2v) is 4.70. The van der Waals surface area contributed by atoms with Gasteiger partial charge >= 0.3 is 5.97 Å². The highest BCUT2D eigenvalue weighted by Crippen LogP contribution is 2.18. The Morgan fingerprint density at radius 3 is 2.84 bits per heavy atom. The van der Waals surface area contributed by atoms with E-state index in [0.717, 1.165) is 32.1 Å². The summed E-state index contributed by atoms with van der Waals surface area (Å²) >= 11 is 0. The number of carbonyl (C=O) groups is 1. The number of rotatable bonds is 4. The maximum absolute atomic E-state index is 11.1. The van der Waals surface area contributed by atoms with Crippen molar-refractivity contribution in [2.45, 2.75) is 38.1 Å². The fourth-order valence-corrected chi connectivity index (χ4v) is 2.16. The molecule has 0 aromatic heterocycles. The van der Waals surface area contributed by atoms with Crippen LogP contribution < -0.4 is 10.3 Å². The summed E-state index contributed by atoms with van der Waals surface area (Å²) in [4.78, 5) is 16.5. The number of para-hydroxylation sites is 1. The van der Waals surface area contributed by atoms with E-state index in [0.29, 0.717) is 5.75 Å². The Hall–Kier alpha value is -1.81. The number of nitrogens with one attached hydrogen (secondary N) is 1. The lowest BCUT2D eigenvalue weighted by molar-refractivity contribution is 0.0683. The molecule has 1 aliphatic carbocycles. The summed E-state index contributed by atoms with van der Waals surface area (Å²) in [5.74, 6) is -0.606. The number of aromatic carboxylic acids is 1. The van der Waals surface area contributed by atoms with Crippen molar-refractivity contribution in [1.82, 2.24) is 5.48 Å². The smallest absolute Gasteiger partial charge is 0.339 e. The molecule has 1 aliphatic rings. The molecule has 1 aromatic carbocycles. The molecule has 0 spiro atoms. The molecule has 2 N–H and O–H groups in total. The lowest BCUT2D eigenvalue weighted by Crippen LogP contribution is -2.32. The molecule has 2 rings (SSSR count). The normalized spacial score (nSPS) is 21.2. The van der Waals surface area contributed by atoms with Crippen LogP contribution in [0.5, 0.6) is 5.75 Å². The maximum atomic E-state index is 11.1.